The summed E-state index contributed by atoms with van der Waals surface area (Å²) in [4.78, 5) is 32.4. The zero-order chi connectivity index (χ0) is 16.1. The van der Waals surface area contributed by atoms with Crippen molar-refractivity contribution in [1.82, 2.24) is 9.88 Å². The second-order valence-electron chi connectivity index (χ2n) is 5.64. The molecule has 0 spiro atoms. The Kier molecular flexibility index (Phi) is 5.07. The molecule has 2 aliphatic heterocycles. The Morgan fingerprint density at radius 2 is 1.91 bits per heavy atom. The summed E-state index contributed by atoms with van der Waals surface area (Å²) in [5.74, 6) is -0.0382. The highest BCUT2D eigenvalue weighted by Crippen LogP contribution is 2.22. The van der Waals surface area contributed by atoms with Crippen LogP contribution in [0.4, 0.5) is 5.82 Å². The number of hydrogen-bond acceptors (Lipinski definition) is 6. The number of pyridine rings is 1. The molecule has 2 aliphatic rings. The van der Waals surface area contributed by atoms with Gasteiger partial charge in [-0.15, -0.1) is 0 Å². The molecule has 0 atom stereocenters. The third-order valence-electron chi connectivity index (χ3n) is 4.10. The highest BCUT2D eigenvalue weighted by atomic mass is 16.5. The molecule has 0 aromatic carbocycles. The fourth-order valence-corrected chi connectivity index (χ4v) is 2.85. The van der Waals surface area contributed by atoms with Crippen molar-refractivity contribution in [3.8, 4) is 0 Å². The maximum Gasteiger partial charge on any atom is 0.342 e. The summed E-state index contributed by atoms with van der Waals surface area (Å²) >= 11 is 0. The van der Waals surface area contributed by atoms with E-state index in [-0.39, 0.29) is 12.5 Å². The molecule has 2 saturated heterocycles. The van der Waals surface area contributed by atoms with Crippen LogP contribution in [0.1, 0.15) is 23.2 Å². The molecule has 0 aliphatic carbocycles. The molecule has 0 saturated carbocycles. The van der Waals surface area contributed by atoms with Crippen LogP contribution in [0.15, 0.2) is 18.3 Å². The topological polar surface area (TPSA) is 72.0 Å². The Balaban J connectivity index is 1.60. The van der Waals surface area contributed by atoms with E-state index in [2.05, 4.69) is 9.88 Å². The van der Waals surface area contributed by atoms with Gasteiger partial charge in [-0.2, -0.15) is 0 Å². The van der Waals surface area contributed by atoms with Crippen LogP contribution in [-0.4, -0.2) is 67.8 Å². The lowest BCUT2D eigenvalue weighted by atomic mass is 10.2. The third kappa shape index (κ3) is 3.79. The van der Waals surface area contributed by atoms with Crippen molar-refractivity contribution in [2.45, 2.75) is 12.8 Å². The van der Waals surface area contributed by atoms with Crippen molar-refractivity contribution in [3.05, 3.63) is 23.9 Å². The summed E-state index contributed by atoms with van der Waals surface area (Å²) in [6, 6.07) is 3.40. The van der Waals surface area contributed by atoms with Crippen molar-refractivity contribution in [2.75, 3.05) is 50.9 Å². The van der Waals surface area contributed by atoms with Crippen molar-refractivity contribution in [1.29, 1.82) is 0 Å². The second kappa shape index (κ2) is 7.41. The summed E-state index contributed by atoms with van der Waals surface area (Å²) in [6.45, 7) is 3.69. The normalized spacial score (nSPS) is 18.1. The quantitative estimate of drug-likeness (QED) is 0.761. The van der Waals surface area contributed by atoms with Gasteiger partial charge in [0.1, 0.15) is 11.4 Å². The van der Waals surface area contributed by atoms with Gasteiger partial charge in [0.2, 0.25) is 0 Å². The predicted octanol–water partition coefficient (Wildman–Crippen LogP) is 0.697. The van der Waals surface area contributed by atoms with E-state index >= 15 is 0 Å². The van der Waals surface area contributed by atoms with Crippen LogP contribution >= 0.6 is 0 Å². The lowest BCUT2D eigenvalue weighted by Gasteiger charge is -2.26. The minimum absolute atomic E-state index is 0.187. The van der Waals surface area contributed by atoms with E-state index in [0.717, 1.165) is 25.9 Å². The first kappa shape index (κ1) is 15.7. The Morgan fingerprint density at radius 1 is 1.17 bits per heavy atom. The number of nitrogens with zero attached hydrogens (tertiary/aromatic N) is 3. The van der Waals surface area contributed by atoms with Crippen LogP contribution in [0.3, 0.4) is 0 Å². The molecule has 0 N–H and O–H groups in total. The molecule has 0 radical (unpaired) electrons. The lowest BCUT2D eigenvalue weighted by molar-refractivity contribution is -0.138. The first-order valence-electron chi connectivity index (χ1n) is 7.98. The van der Waals surface area contributed by atoms with Gasteiger partial charge >= 0.3 is 5.97 Å². The maximum atomic E-state index is 12.3. The Hall–Kier alpha value is -2.15. The molecule has 0 unspecified atom stereocenters. The van der Waals surface area contributed by atoms with Gasteiger partial charge in [-0.3, -0.25) is 4.79 Å². The van der Waals surface area contributed by atoms with E-state index in [1.54, 1.807) is 23.2 Å². The molecule has 23 heavy (non-hydrogen) atoms. The number of amides is 1. The summed E-state index contributed by atoms with van der Waals surface area (Å²) in [7, 11) is 0. The number of esters is 1. The van der Waals surface area contributed by atoms with E-state index in [1.807, 2.05) is 0 Å². The highest BCUT2D eigenvalue weighted by molar-refractivity contribution is 5.96. The predicted molar refractivity (Wildman–Crippen MR) is 83.4 cm³/mol. The summed E-state index contributed by atoms with van der Waals surface area (Å²) in [5, 5.41) is 0. The molecule has 1 amide bonds. The number of aromatic nitrogens is 1. The van der Waals surface area contributed by atoms with Crippen molar-refractivity contribution >= 4 is 17.7 Å². The number of carbonyl (C=O) groups excluding carboxylic acids is 2. The number of morpholine rings is 1. The Bertz CT molecular complexity index is 566. The summed E-state index contributed by atoms with van der Waals surface area (Å²) in [6.07, 6.45) is 3.87. The van der Waals surface area contributed by atoms with Gasteiger partial charge in [0, 0.05) is 32.4 Å². The van der Waals surface area contributed by atoms with Gasteiger partial charge in [-0.25, -0.2) is 9.78 Å². The summed E-state index contributed by atoms with van der Waals surface area (Å²) < 4.78 is 10.4. The highest BCUT2D eigenvalue weighted by Gasteiger charge is 2.23. The molecule has 1 aromatic rings. The first-order chi connectivity index (χ1) is 11.3. The third-order valence-corrected chi connectivity index (χ3v) is 4.10. The van der Waals surface area contributed by atoms with Gasteiger partial charge in [0.25, 0.3) is 5.91 Å². The minimum atomic E-state index is -0.499. The molecule has 7 nitrogen and oxygen atoms in total. The Labute approximate surface area is 135 Å². The molecule has 1 aromatic heterocycles. The van der Waals surface area contributed by atoms with Crippen LogP contribution in [0.2, 0.25) is 0 Å². The lowest BCUT2D eigenvalue weighted by Crippen LogP contribution is -2.42. The van der Waals surface area contributed by atoms with Crippen LogP contribution in [0.5, 0.6) is 0 Å². The van der Waals surface area contributed by atoms with Gasteiger partial charge in [0.05, 0.1) is 13.2 Å². The molecule has 124 valence electrons. The molecule has 0 bridgehead atoms. The SMILES string of the molecule is O=C(OCC(=O)N1CCOCC1)c1cccnc1N1CCCC1. The van der Waals surface area contributed by atoms with E-state index in [1.165, 1.54) is 0 Å². The zero-order valence-electron chi connectivity index (χ0n) is 13.1. The largest absolute Gasteiger partial charge is 0.452 e. The molecule has 3 heterocycles. The van der Waals surface area contributed by atoms with E-state index in [4.69, 9.17) is 9.47 Å². The van der Waals surface area contributed by atoms with Gasteiger partial charge < -0.3 is 19.3 Å². The van der Waals surface area contributed by atoms with E-state index < -0.39 is 5.97 Å². The number of rotatable bonds is 4. The van der Waals surface area contributed by atoms with Crippen molar-refractivity contribution in [3.63, 3.8) is 0 Å². The van der Waals surface area contributed by atoms with Crippen molar-refractivity contribution in [2.24, 2.45) is 0 Å². The fraction of sp³-hybridized carbons (Fsp3) is 0.562. The average molecular weight is 319 g/mol. The summed E-state index contributed by atoms with van der Waals surface area (Å²) in [5.41, 5.74) is 0.421. The first-order valence-corrected chi connectivity index (χ1v) is 7.98. The standard InChI is InChI=1S/C16H21N3O4/c20-14(18-8-10-22-11-9-18)12-23-16(21)13-4-3-5-17-15(13)19-6-1-2-7-19/h3-5H,1-2,6-12H2. The van der Waals surface area contributed by atoms with E-state index in [0.29, 0.717) is 37.7 Å². The van der Waals surface area contributed by atoms with Crippen molar-refractivity contribution < 1.29 is 19.1 Å². The van der Waals surface area contributed by atoms with Gasteiger partial charge in [0.15, 0.2) is 6.61 Å². The van der Waals surface area contributed by atoms with Crippen LogP contribution in [0, 0.1) is 0 Å². The zero-order valence-corrected chi connectivity index (χ0v) is 13.1. The molecule has 2 fully saturated rings. The molecule has 3 rings (SSSR count). The average Bonchev–Trinajstić information content (AvgIpc) is 3.14. The van der Waals surface area contributed by atoms with Gasteiger partial charge in [-0.05, 0) is 25.0 Å². The van der Waals surface area contributed by atoms with Crippen LogP contribution in [0.25, 0.3) is 0 Å². The molecule has 7 heteroatoms. The number of anilines is 1. The smallest absolute Gasteiger partial charge is 0.342 e. The number of carbonyl (C=O) groups is 2. The van der Waals surface area contributed by atoms with Crippen LogP contribution in [-0.2, 0) is 14.3 Å². The number of ether oxygens (including phenoxy) is 2. The van der Waals surface area contributed by atoms with E-state index in [9.17, 15) is 9.59 Å². The minimum Gasteiger partial charge on any atom is -0.452 e. The second-order valence-corrected chi connectivity index (χ2v) is 5.64. The monoisotopic (exact) mass is 319 g/mol. The molecular weight excluding hydrogens is 298 g/mol. The molecular formula is C16H21N3O4. The van der Waals surface area contributed by atoms with Gasteiger partial charge in [-0.1, -0.05) is 0 Å². The van der Waals surface area contributed by atoms with Crippen LogP contribution < -0.4 is 4.90 Å². The Morgan fingerprint density at radius 3 is 2.65 bits per heavy atom. The fourth-order valence-electron chi connectivity index (χ4n) is 2.85. The number of hydrogen-bond donors (Lipinski definition) is 0. The maximum absolute atomic E-state index is 12.3.